The lowest BCUT2D eigenvalue weighted by atomic mass is 10.0. The third-order valence-electron chi connectivity index (χ3n) is 2.86. The minimum absolute atomic E-state index is 0.0367. The number of nitrogens with zero attached hydrogens (tertiary/aromatic N) is 1. The van der Waals surface area contributed by atoms with Crippen LogP contribution in [0, 0.1) is 0 Å². The molecule has 0 saturated carbocycles. The van der Waals surface area contributed by atoms with Crippen LogP contribution in [0.25, 0.3) is 0 Å². The van der Waals surface area contributed by atoms with Crippen molar-refractivity contribution >= 4 is 11.8 Å². The Hall–Kier alpha value is -1.10. The predicted octanol–water partition coefficient (Wildman–Crippen LogP) is -0.148. The zero-order valence-electron chi connectivity index (χ0n) is 9.87. The van der Waals surface area contributed by atoms with Gasteiger partial charge in [0.05, 0.1) is 6.54 Å². The van der Waals surface area contributed by atoms with Crippen molar-refractivity contribution in [2.45, 2.75) is 38.6 Å². The van der Waals surface area contributed by atoms with Gasteiger partial charge in [0.2, 0.25) is 11.8 Å². The van der Waals surface area contributed by atoms with Gasteiger partial charge in [-0.25, -0.2) is 0 Å². The first-order chi connectivity index (χ1) is 7.67. The van der Waals surface area contributed by atoms with Gasteiger partial charge in [-0.2, -0.15) is 0 Å². The monoisotopic (exact) mass is 227 g/mol. The highest BCUT2D eigenvalue weighted by Gasteiger charge is 2.22. The molecule has 1 saturated heterocycles. The molecule has 3 N–H and O–H groups in total. The van der Waals surface area contributed by atoms with E-state index in [1.165, 1.54) is 0 Å². The second-order valence-electron chi connectivity index (χ2n) is 4.18. The Labute approximate surface area is 96.4 Å². The summed E-state index contributed by atoms with van der Waals surface area (Å²) in [7, 11) is 0. The van der Waals surface area contributed by atoms with E-state index in [1.54, 1.807) is 0 Å². The molecule has 1 heterocycles. The quantitative estimate of drug-likeness (QED) is 0.701. The Balaban J connectivity index is 2.28. The number of nitrogens with two attached hydrogens (primary N) is 1. The third kappa shape index (κ3) is 3.81. The van der Waals surface area contributed by atoms with Gasteiger partial charge in [-0.3, -0.25) is 9.59 Å². The molecule has 92 valence electrons. The van der Waals surface area contributed by atoms with Crippen molar-refractivity contribution in [1.82, 2.24) is 10.2 Å². The van der Waals surface area contributed by atoms with Gasteiger partial charge in [-0.05, 0) is 19.3 Å². The number of hydrogen-bond acceptors (Lipinski definition) is 3. The highest BCUT2D eigenvalue weighted by Crippen LogP contribution is 2.11. The van der Waals surface area contributed by atoms with E-state index in [9.17, 15) is 9.59 Å². The van der Waals surface area contributed by atoms with Crippen LogP contribution in [-0.2, 0) is 9.59 Å². The van der Waals surface area contributed by atoms with E-state index in [1.807, 2.05) is 11.8 Å². The summed E-state index contributed by atoms with van der Waals surface area (Å²) in [5.41, 5.74) is 5.23. The summed E-state index contributed by atoms with van der Waals surface area (Å²) in [5.74, 6) is 0.115. The van der Waals surface area contributed by atoms with Crippen molar-refractivity contribution in [1.29, 1.82) is 0 Å². The zero-order chi connectivity index (χ0) is 12.0. The van der Waals surface area contributed by atoms with Crippen LogP contribution in [0.5, 0.6) is 0 Å². The van der Waals surface area contributed by atoms with E-state index in [-0.39, 0.29) is 24.4 Å². The van der Waals surface area contributed by atoms with Crippen molar-refractivity contribution in [3.05, 3.63) is 0 Å². The van der Waals surface area contributed by atoms with Crippen LogP contribution >= 0.6 is 0 Å². The second-order valence-corrected chi connectivity index (χ2v) is 4.18. The van der Waals surface area contributed by atoms with E-state index in [0.717, 1.165) is 32.4 Å². The molecule has 0 aromatic carbocycles. The molecule has 1 aliphatic heterocycles. The van der Waals surface area contributed by atoms with Crippen LogP contribution in [0.4, 0.5) is 0 Å². The summed E-state index contributed by atoms with van der Waals surface area (Å²) in [4.78, 5) is 24.6. The lowest BCUT2D eigenvalue weighted by Gasteiger charge is -2.32. The van der Waals surface area contributed by atoms with Gasteiger partial charge in [0.25, 0.3) is 0 Å². The van der Waals surface area contributed by atoms with Gasteiger partial charge in [0.15, 0.2) is 0 Å². The molecule has 0 aromatic heterocycles. The average molecular weight is 227 g/mol. The number of nitrogens with one attached hydrogen (secondary N) is 1. The normalized spacial score (nSPS) is 17.2. The average Bonchev–Trinajstić information content (AvgIpc) is 2.30. The molecule has 5 nitrogen and oxygen atoms in total. The Bertz CT molecular complexity index is 248. The third-order valence-corrected chi connectivity index (χ3v) is 2.86. The van der Waals surface area contributed by atoms with Crippen molar-refractivity contribution < 1.29 is 9.59 Å². The van der Waals surface area contributed by atoms with Crippen LogP contribution in [-0.4, -0.2) is 42.4 Å². The van der Waals surface area contributed by atoms with Crippen LogP contribution in [0.3, 0.4) is 0 Å². The summed E-state index contributed by atoms with van der Waals surface area (Å²) >= 11 is 0. The second kappa shape index (κ2) is 6.48. The summed E-state index contributed by atoms with van der Waals surface area (Å²) in [5, 5.41) is 2.86. The summed E-state index contributed by atoms with van der Waals surface area (Å²) in [6, 6.07) is 0.182. The predicted molar refractivity (Wildman–Crippen MR) is 61.7 cm³/mol. The minimum Gasteiger partial charge on any atom is -0.352 e. The minimum atomic E-state index is -0.113. The molecular formula is C11H21N3O2. The van der Waals surface area contributed by atoms with E-state index >= 15 is 0 Å². The Morgan fingerprint density at radius 2 is 2.00 bits per heavy atom. The zero-order valence-corrected chi connectivity index (χ0v) is 9.87. The molecule has 0 aromatic rings. The summed E-state index contributed by atoms with van der Waals surface area (Å²) in [6.45, 7) is 3.53. The molecule has 1 aliphatic rings. The van der Waals surface area contributed by atoms with Gasteiger partial charge in [0, 0.05) is 25.6 Å². The molecule has 5 heteroatoms. The van der Waals surface area contributed by atoms with Crippen molar-refractivity contribution in [3.8, 4) is 0 Å². The van der Waals surface area contributed by atoms with Gasteiger partial charge >= 0.3 is 0 Å². The van der Waals surface area contributed by atoms with Gasteiger partial charge in [-0.15, -0.1) is 0 Å². The molecular weight excluding hydrogens is 206 g/mol. The molecule has 0 spiro atoms. The smallest absolute Gasteiger partial charge is 0.233 e. The molecule has 0 bridgehead atoms. The maximum absolute atomic E-state index is 11.6. The maximum Gasteiger partial charge on any atom is 0.233 e. The van der Waals surface area contributed by atoms with Crippen molar-refractivity contribution in [2.75, 3.05) is 19.6 Å². The fourth-order valence-electron chi connectivity index (χ4n) is 1.93. The molecule has 16 heavy (non-hydrogen) atoms. The Morgan fingerprint density at radius 3 is 2.50 bits per heavy atom. The fourth-order valence-corrected chi connectivity index (χ4v) is 1.93. The summed E-state index contributed by atoms with van der Waals surface area (Å²) < 4.78 is 0. The lowest BCUT2D eigenvalue weighted by molar-refractivity contribution is -0.132. The highest BCUT2D eigenvalue weighted by atomic mass is 16.2. The van der Waals surface area contributed by atoms with Gasteiger partial charge < -0.3 is 16.0 Å². The van der Waals surface area contributed by atoms with Crippen LogP contribution in [0.1, 0.15) is 32.6 Å². The van der Waals surface area contributed by atoms with Crippen LogP contribution in [0.15, 0.2) is 0 Å². The molecule has 1 fully saturated rings. The number of rotatable bonds is 4. The largest absolute Gasteiger partial charge is 0.352 e. The van der Waals surface area contributed by atoms with Crippen LogP contribution in [0.2, 0.25) is 0 Å². The standard InChI is InChI=1S/C11H21N3O2/c1-2-3-11(16)14-6-4-9(5-7-14)13-10(15)8-12/h9H,2-8,12H2,1H3,(H,13,15). The number of hydrogen-bond donors (Lipinski definition) is 2. The topological polar surface area (TPSA) is 75.4 Å². The van der Waals surface area contributed by atoms with E-state index in [4.69, 9.17) is 5.73 Å². The van der Waals surface area contributed by atoms with E-state index < -0.39 is 0 Å². The molecule has 0 unspecified atom stereocenters. The molecule has 0 aliphatic carbocycles. The van der Waals surface area contributed by atoms with Crippen LogP contribution < -0.4 is 11.1 Å². The number of likely N-dealkylation sites (tertiary alicyclic amines) is 1. The fraction of sp³-hybridized carbons (Fsp3) is 0.818. The van der Waals surface area contributed by atoms with Crippen molar-refractivity contribution in [2.24, 2.45) is 5.73 Å². The SMILES string of the molecule is CCCC(=O)N1CCC(NC(=O)CN)CC1. The first kappa shape index (κ1) is 13.0. The number of carbonyl (C=O) groups is 2. The maximum atomic E-state index is 11.6. The molecule has 0 radical (unpaired) electrons. The molecule has 2 amide bonds. The number of carbonyl (C=O) groups excluding carboxylic acids is 2. The lowest BCUT2D eigenvalue weighted by Crippen LogP contribution is -2.47. The number of piperidine rings is 1. The first-order valence-electron chi connectivity index (χ1n) is 5.94. The van der Waals surface area contributed by atoms with Crippen molar-refractivity contribution in [3.63, 3.8) is 0 Å². The summed E-state index contributed by atoms with van der Waals surface area (Å²) in [6.07, 6.45) is 3.19. The van der Waals surface area contributed by atoms with Gasteiger partial charge in [-0.1, -0.05) is 6.92 Å². The number of amides is 2. The first-order valence-corrected chi connectivity index (χ1v) is 5.94. The Kier molecular flexibility index (Phi) is 5.25. The van der Waals surface area contributed by atoms with E-state index in [0.29, 0.717) is 6.42 Å². The molecule has 1 rings (SSSR count). The van der Waals surface area contributed by atoms with Gasteiger partial charge in [0.1, 0.15) is 0 Å². The Morgan fingerprint density at radius 1 is 1.38 bits per heavy atom. The highest BCUT2D eigenvalue weighted by molar-refractivity contribution is 5.78. The molecule has 0 atom stereocenters. The van der Waals surface area contributed by atoms with E-state index in [2.05, 4.69) is 5.32 Å².